The highest BCUT2D eigenvalue weighted by atomic mass is 16.6. The van der Waals surface area contributed by atoms with Crippen LogP contribution in [0, 0.1) is 0 Å². The molecule has 1 amide bonds. The van der Waals surface area contributed by atoms with E-state index in [4.69, 9.17) is 10.5 Å². The lowest BCUT2D eigenvalue weighted by Crippen LogP contribution is -2.34. The highest BCUT2D eigenvalue weighted by molar-refractivity contribution is 5.89. The van der Waals surface area contributed by atoms with Crippen molar-refractivity contribution in [2.75, 3.05) is 12.3 Å². The smallest absolute Gasteiger partial charge is 0.407 e. The summed E-state index contributed by atoms with van der Waals surface area (Å²) in [5.41, 5.74) is 6.10. The molecule has 2 unspecified atom stereocenters. The number of anilines is 1. The van der Waals surface area contributed by atoms with Gasteiger partial charge in [-0.2, -0.15) is 0 Å². The van der Waals surface area contributed by atoms with E-state index in [1.54, 1.807) is 20.8 Å². The number of ether oxygens (including phenoxy) is 1. The molecule has 0 aliphatic heterocycles. The van der Waals surface area contributed by atoms with Crippen molar-refractivity contribution in [1.82, 2.24) is 20.3 Å². The fourth-order valence-electron chi connectivity index (χ4n) is 2.25. The number of nitrogens with zero attached hydrogens (tertiary/aromatic N) is 2. The molecule has 2 rings (SSSR count). The van der Waals surface area contributed by atoms with Crippen LogP contribution in [0.2, 0.25) is 0 Å². The molecule has 0 spiro atoms. The van der Waals surface area contributed by atoms with Gasteiger partial charge in [-0.25, -0.2) is 14.8 Å². The van der Waals surface area contributed by atoms with E-state index in [9.17, 15) is 15.0 Å². The number of nitrogen functional groups attached to an aromatic ring is 1. The molecule has 2 aromatic heterocycles. The van der Waals surface area contributed by atoms with Crippen LogP contribution < -0.4 is 11.1 Å². The number of carbonyl (C=O) groups is 1. The predicted molar refractivity (Wildman–Crippen MR) is 88.1 cm³/mol. The first-order valence-corrected chi connectivity index (χ1v) is 7.59. The van der Waals surface area contributed by atoms with Crippen LogP contribution in [0.5, 0.6) is 0 Å². The fraction of sp³-hybridized carbons (Fsp3) is 0.533. The van der Waals surface area contributed by atoms with Crippen molar-refractivity contribution >= 4 is 22.9 Å². The number of rotatable bonds is 5. The number of aliphatic hydroxyl groups is 2. The van der Waals surface area contributed by atoms with Crippen molar-refractivity contribution < 1.29 is 19.7 Å². The molecule has 9 heteroatoms. The van der Waals surface area contributed by atoms with Crippen molar-refractivity contribution in [1.29, 1.82) is 0 Å². The Kier molecular flexibility index (Phi) is 5.25. The average Bonchev–Trinajstić information content (AvgIpc) is 2.89. The molecule has 0 saturated carbocycles. The number of alkyl carbamates (subject to hydrolysis) is 1. The minimum Gasteiger partial charge on any atom is -0.444 e. The summed E-state index contributed by atoms with van der Waals surface area (Å²) in [6.45, 7) is 5.43. The van der Waals surface area contributed by atoms with Crippen LogP contribution >= 0.6 is 0 Å². The first-order chi connectivity index (χ1) is 11.2. The Morgan fingerprint density at radius 1 is 1.42 bits per heavy atom. The molecule has 2 heterocycles. The number of carbonyl (C=O) groups excluding carboxylic acids is 1. The zero-order valence-electron chi connectivity index (χ0n) is 13.9. The maximum absolute atomic E-state index is 11.5. The van der Waals surface area contributed by atoms with Crippen molar-refractivity contribution in [2.24, 2.45) is 0 Å². The van der Waals surface area contributed by atoms with Gasteiger partial charge < -0.3 is 31.0 Å². The molecule has 0 aliphatic rings. The molecule has 2 aromatic rings. The standard InChI is InChI=1S/C15H23N5O4/c1-15(2,3)24-14(23)17-5-4-9(21)11(22)8-6-18-13-10(8)12(16)19-7-20-13/h6-7,9,11,21-22H,4-5H2,1-3H3,(H,17,23)(H3,16,18,19,20). The van der Waals surface area contributed by atoms with E-state index >= 15 is 0 Å². The first-order valence-electron chi connectivity index (χ1n) is 7.59. The van der Waals surface area contributed by atoms with E-state index in [1.807, 2.05) is 0 Å². The Morgan fingerprint density at radius 2 is 2.12 bits per heavy atom. The molecule has 0 radical (unpaired) electrons. The van der Waals surface area contributed by atoms with Crippen molar-refractivity contribution in [3.8, 4) is 0 Å². The van der Waals surface area contributed by atoms with Gasteiger partial charge in [0.25, 0.3) is 0 Å². The van der Waals surface area contributed by atoms with E-state index in [0.717, 1.165) is 0 Å². The van der Waals surface area contributed by atoms with Gasteiger partial charge in [0.2, 0.25) is 0 Å². The molecule has 0 fully saturated rings. The number of fused-ring (bicyclic) bond motifs is 1. The number of nitrogens with one attached hydrogen (secondary N) is 2. The van der Waals surface area contributed by atoms with Gasteiger partial charge >= 0.3 is 6.09 Å². The minimum atomic E-state index is -1.19. The van der Waals surface area contributed by atoms with Crippen LogP contribution in [-0.4, -0.2) is 49.5 Å². The zero-order chi connectivity index (χ0) is 17.9. The lowest BCUT2D eigenvalue weighted by atomic mass is 10.0. The fourth-order valence-corrected chi connectivity index (χ4v) is 2.25. The molecular formula is C15H23N5O4. The number of aromatic amines is 1. The van der Waals surface area contributed by atoms with Gasteiger partial charge in [-0.15, -0.1) is 0 Å². The summed E-state index contributed by atoms with van der Waals surface area (Å²) in [7, 11) is 0. The summed E-state index contributed by atoms with van der Waals surface area (Å²) in [6, 6.07) is 0. The number of hydrogen-bond donors (Lipinski definition) is 5. The molecule has 24 heavy (non-hydrogen) atoms. The van der Waals surface area contributed by atoms with Gasteiger partial charge in [0.05, 0.1) is 11.5 Å². The van der Waals surface area contributed by atoms with E-state index in [0.29, 0.717) is 16.6 Å². The number of aromatic nitrogens is 3. The predicted octanol–water partition coefficient (Wildman–Crippen LogP) is 0.849. The number of amides is 1. The molecule has 0 aromatic carbocycles. The third-order valence-electron chi connectivity index (χ3n) is 3.32. The van der Waals surface area contributed by atoms with E-state index in [2.05, 4.69) is 20.3 Å². The normalized spacial score (nSPS) is 14.4. The molecule has 0 saturated heterocycles. The summed E-state index contributed by atoms with van der Waals surface area (Å²) < 4.78 is 5.09. The lowest BCUT2D eigenvalue weighted by Gasteiger charge is -2.21. The summed E-state index contributed by atoms with van der Waals surface area (Å²) in [5.74, 6) is 0.217. The van der Waals surface area contributed by atoms with Crippen LogP contribution in [0.1, 0.15) is 38.9 Å². The van der Waals surface area contributed by atoms with Crippen LogP contribution in [0.15, 0.2) is 12.5 Å². The Hall–Kier alpha value is -2.39. The van der Waals surface area contributed by atoms with Crippen molar-refractivity contribution in [3.05, 3.63) is 18.1 Å². The second-order valence-corrected chi connectivity index (χ2v) is 6.46. The van der Waals surface area contributed by atoms with E-state index in [-0.39, 0.29) is 18.8 Å². The number of aliphatic hydroxyl groups excluding tert-OH is 2. The maximum Gasteiger partial charge on any atom is 0.407 e. The quantitative estimate of drug-likeness (QED) is 0.543. The Bertz CT molecular complexity index is 709. The van der Waals surface area contributed by atoms with Crippen LogP contribution in [0.4, 0.5) is 10.6 Å². The van der Waals surface area contributed by atoms with Crippen LogP contribution in [0.3, 0.4) is 0 Å². The van der Waals surface area contributed by atoms with Gasteiger partial charge in [-0.05, 0) is 27.2 Å². The monoisotopic (exact) mass is 337 g/mol. The third kappa shape index (κ3) is 4.33. The van der Waals surface area contributed by atoms with Crippen molar-refractivity contribution in [3.63, 3.8) is 0 Å². The number of hydrogen-bond acceptors (Lipinski definition) is 7. The maximum atomic E-state index is 11.5. The minimum absolute atomic E-state index is 0.140. The van der Waals surface area contributed by atoms with E-state index in [1.165, 1.54) is 12.5 Å². The summed E-state index contributed by atoms with van der Waals surface area (Å²) in [6.07, 6.45) is 0.122. The van der Waals surface area contributed by atoms with Gasteiger partial charge in [-0.3, -0.25) is 0 Å². The largest absolute Gasteiger partial charge is 0.444 e. The van der Waals surface area contributed by atoms with Crippen LogP contribution in [-0.2, 0) is 4.74 Å². The van der Waals surface area contributed by atoms with Gasteiger partial charge in [0.1, 0.15) is 29.5 Å². The molecule has 0 bridgehead atoms. The van der Waals surface area contributed by atoms with Gasteiger partial charge in [0, 0.05) is 18.3 Å². The molecule has 0 aliphatic carbocycles. The zero-order valence-corrected chi connectivity index (χ0v) is 13.9. The highest BCUT2D eigenvalue weighted by Gasteiger charge is 2.23. The highest BCUT2D eigenvalue weighted by Crippen LogP contribution is 2.28. The topological polar surface area (TPSA) is 146 Å². The number of H-pyrrole nitrogens is 1. The summed E-state index contributed by atoms with van der Waals surface area (Å²) >= 11 is 0. The first kappa shape index (κ1) is 18.0. The number of nitrogens with two attached hydrogens (primary N) is 1. The average molecular weight is 337 g/mol. The van der Waals surface area contributed by atoms with Crippen LogP contribution in [0.25, 0.3) is 11.0 Å². The van der Waals surface area contributed by atoms with E-state index < -0.39 is 23.9 Å². The molecule has 132 valence electrons. The Balaban J connectivity index is 1.95. The summed E-state index contributed by atoms with van der Waals surface area (Å²) in [4.78, 5) is 22.3. The third-order valence-corrected chi connectivity index (χ3v) is 3.32. The van der Waals surface area contributed by atoms with Crippen molar-refractivity contribution in [2.45, 2.75) is 45.0 Å². The molecular weight excluding hydrogens is 314 g/mol. The SMILES string of the molecule is CC(C)(C)OC(=O)NCCC(O)C(O)c1c[nH]c2ncnc(N)c12. The Labute approximate surface area is 139 Å². The molecule has 9 nitrogen and oxygen atoms in total. The summed E-state index contributed by atoms with van der Waals surface area (Å²) in [5, 5.41) is 23.5. The van der Waals surface area contributed by atoms with Gasteiger partial charge in [-0.1, -0.05) is 0 Å². The second kappa shape index (κ2) is 7.02. The second-order valence-electron chi connectivity index (χ2n) is 6.46. The molecule has 6 N–H and O–H groups in total. The lowest BCUT2D eigenvalue weighted by molar-refractivity contribution is 0.0131. The Morgan fingerprint density at radius 3 is 2.79 bits per heavy atom. The molecule has 2 atom stereocenters. The van der Waals surface area contributed by atoms with Gasteiger partial charge in [0.15, 0.2) is 0 Å².